The van der Waals surface area contributed by atoms with Crippen LogP contribution in [0, 0.1) is 6.92 Å². The van der Waals surface area contributed by atoms with E-state index in [1.807, 2.05) is 45.9 Å². The van der Waals surface area contributed by atoms with Crippen LogP contribution < -0.4 is 4.74 Å². The molecule has 0 aliphatic carbocycles. The fourth-order valence-corrected chi connectivity index (χ4v) is 0.961. The minimum atomic E-state index is 0.261. The molecule has 0 heterocycles. The largest absolute Gasteiger partial charge is 0.491 e. The third-order valence-electron chi connectivity index (χ3n) is 1.36. The lowest BCUT2D eigenvalue weighted by Gasteiger charge is -2.09. The summed E-state index contributed by atoms with van der Waals surface area (Å²) in [6.07, 6.45) is 0.261. The maximum Gasteiger partial charge on any atom is 0.119 e. The number of benzene rings is 1. The molecule has 1 aromatic carbocycles. The zero-order chi connectivity index (χ0) is 10.3. The molecule has 13 heavy (non-hydrogen) atoms. The molecule has 0 amide bonds. The highest BCUT2D eigenvalue weighted by Gasteiger charge is 1.95. The summed E-state index contributed by atoms with van der Waals surface area (Å²) in [5.41, 5.74) is 1.24. The van der Waals surface area contributed by atoms with Gasteiger partial charge in [-0.2, -0.15) is 0 Å². The summed E-state index contributed by atoms with van der Waals surface area (Å²) >= 11 is 0. The molecule has 0 bridgehead atoms. The molecule has 1 aromatic rings. The molecule has 0 unspecified atom stereocenters. The topological polar surface area (TPSA) is 9.23 Å². The Bertz CT molecular complexity index is 228. The van der Waals surface area contributed by atoms with E-state index in [2.05, 4.69) is 13.0 Å². The molecule has 74 valence electrons. The number of aryl methyl sites for hydroxylation is 1. The van der Waals surface area contributed by atoms with E-state index in [0.717, 1.165) is 5.75 Å². The van der Waals surface area contributed by atoms with Gasteiger partial charge in [-0.05, 0) is 38.5 Å². The van der Waals surface area contributed by atoms with Gasteiger partial charge in [-0.1, -0.05) is 26.0 Å². The van der Waals surface area contributed by atoms with Crippen LogP contribution >= 0.6 is 0 Å². The molecule has 0 atom stereocenters. The summed E-state index contributed by atoms with van der Waals surface area (Å²) in [5.74, 6) is 0.958. The van der Waals surface area contributed by atoms with Crippen LogP contribution in [0.25, 0.3) is 0 Å². The molecule has 0 saturated heterocycles. The van der Waals surface area contributed by atoms with E-state index in [1.165, 1.54) is 5.56 Å². The Balaban J connectivity index is 0.000000671. The van der Waals surface area contributed by atoms with Crippen molar-refractivity contribution in [3.8, 4) is 5.75 Å². The zero-order valence-corrected chi connectivity index (χ0v) is 9.29. The highest BCUT2D eigenvalue weighted by Crippen LogP contribution is 2.13. The molecule has 0 radical (unpaired) electrons. The van der Waals surface area contributed by atoms with Crippen molar-refractivity contribution in [3.05, 3.63) is 29.8 Å². The first kappa shape index (κ1) is 12.0. The SMILES string of the molecule is CC.Cc1cccc(OC(C)C)c1. The number of ether oxygens (including phenoxy) is 1. The van der Waals surface area contributed by atoms with Gasteiger partial charge in [-0.15, -0.1) is 0 Å². The van der Waals surface area contributed by atoms with Gasteiger partial charge in [-0.3, -0.25) is 0 Å². The standard InChI is InChI=1S/C10H14O.C2H6/c1-8(2)11-10-6-4-5-9(3)7-10;1-2/h4-8H,1-3H3;1-2H3. The van der Waals surface area contributed by atoms with E-state index in [-0.39, 0.29) is 6.10 Å². The Morgan fingerprint density at radius 3 is 2.23 bits per heavy atom. The lowest BCUT2D eigenvalue weighted by atomic mass is 10.2. The molecular weight excluding hydrogens is 160 g/mol. The van der Waals surface area contributed by atoms with Crippen LogP contribution in [-0.2, 0) is 0 Å². The number of hydrogen-bond donors (Lipinski definition) is 0. The van der Waals surface area contributed by atoms with Gasteiger partial charge < -0.3 is 4.74 Å². The molecule has 0 aliphatic rings. The van der Waals surface area contributed by atoms with E-state index in [9.17, 15) is 0 Å². The van der Waals surface area contributed by atoms with Crippen LogP contribution in [0.1, 0.15) is 33.3 Å². The Morgan fingerprint density at radius 1 is 1.15 bits per heavy atom. The average molecular weight is 180 g/mol. The molecule has 0 spiro atoms. The summed E-state index contributed by atoms with van der Waals surface area (Å²) in [4.78, 5) is 0. The predicted molar refractivity (Wildman–Crippen MR) is 58.3 cm³/mol. The molecular formula is C12H20O. The van der Waals surface area contributed by atoms with Crippen LogP contribution in [0.5, 0.6) is 5.75 Å². The normalized spacial score (nSPS) is 9.08. The smallest absolute Gasteiger partial charge is 0.119 e. The fraction of sp³-hybridized carbons (Fsp3) is 0.500. The van der Waals surface area contributed by atoms with E-state index in [0.29, 0.717) is 0 Å². The van der Waals surface area contributed by atoms with Crippen molar-refractivity contribution in [2.45, 2.75) is 40.7 Å². The van der Waals surface area contributed by atoms with Gasteiger partial charge in [0.2, 0.25) is 0 Å². The van der Waals surface area contributed by atoms with Gasteiger partial charge in [-0.25, -0.2) is 0 Å². The zero-order valence-electron chi connectivity index (χ0n) is 9.29. The molecule has 0 saturated carbocycles. The van der Waals surface area contributed by atoms with Gasteiger partial charge in [0.1, 0.15) is 5.75 Å². The second kappa shape index (κ2) is 6.53. The van der Waals surface area contributed by atoms with E-state index in [4.69, 9.17) is 4.74 Å². The first-order chi connectivity index (χ1) is 6.18. The maximum atomic E-state index is 5.50. The Hall–Kier alpha value is -0.980. The first-order valence-electron chi connectivity index (χ1n) is 4.92. The summed E-state index contributed by atoms with van der Waals surface area (Å²) in [6, 6.07) is 8.09. The van der Waals surface area contributed by atoms with Gasteiger partial charge in [0.25, 0.3) is 0 Å². The minimum absolute atomic E-state index is 0.261. The third-order valence-corrected chi connectivity index (χ3v) is 1.36. The van der Waals surface area contributed by atoms with Crippen molar-refractivity contribution in [2.24, 2.45) is 0 Å². The highest BCUT2D eigenvalue weighted by atomic mass is 16.5. The average Bonchev–Trinajstić information content (AvgIpc) is 2.06. The Kier molecular flexibility index (Phi) is 6.03. The second-order valence-electron chi connectivity index (χ2n) is 2.98. The quantitative estimate of drug-likeness (QED) is 0.672. The summed E-state index contributed by atoms with van der Waals surface area (Å²) in [5, 5.41) is 0. The van der Waals surface area contributed by atoms with Crippen molar-refractivity contribution < 1.29 is 4.74 Å². The van der Waals surface area contributed by atoms with Crippen LogP contribution in [0.3, 0.4) is 0 Å². The van der Waals surface area contributed by atoms with Gasteiger partial charge in [0.15, 0.2) is 0 Å². The molecule has 0 fully saturated rings. The molecule has 1 heteroatoms. The van der Waals surface area contributed by atoms with Crippen LogP contribution in [-0.4, -0.2) is 6.10 Å². The van der Waals surface area contributed by atoms with E-state index >= 15 is 0 Å². The second-order valence-corrected chi connectivity index (χ2v) is 2.98. The fourth-order valence-electron chi connectivity index (χ4n) is 0.961. The van der Waals surface area contributed by atoms with Crippen molar-refractivity contribution in [2.75, 3.05) is 0 Å². The van der Waals surface area contributed by atoms with Gasteiger partial charge >= 0.3 is 0 Å². The summed E-state index contributed by atoms with van der Waals surface area (Å²) in [6.45, 7) is 10.1. The lowest BCUT2D eigenvalue weighted by molar-refractivity contribution is 0.242. The van der Waals surface area contributed by atoms with Crippen molar-refractivity contribution >= 4 is 0 Å². The van der Waals surface area contributed by atoms with Crippen molar-refractivity contribution in [1.82, 2.24) is 0 Å². The van der Waals surface area contributed by atoms with Crippen LogP contribution in [0.2, 0.25) is 0 Å². The third kappa shape index (κ3) is 5.29. The summed E-state index contributed by atoms with van der Waals surface area (Å²) in [7, 11) is 0. The minimum Gasteiger partial charge on any atom is -0.491 e. The maximum absolute atomic E-state index is 5.50. The van der Waals surface area contributed by atoms with E-state index < -0.39 is 0 Å². The number of hydrogen-bond acceptors (Lipinski definition) is 1. The van der Waals surface area contributed by atoms with Crippen LogP contribution in [0.15, 0.2) is 24.3 Å². The molecule has 1 rings (SSSR count). The van der Waals surface area contributed by atoms with Crippen molar-refractivity contribution in [1.29, 1.82) is 0 Å². The molecule has 0 N–H and O–H groups in total. The number of rotatable bonds is 2. The van der Waals surface area contributed by atoms with Crippen molar-refractivity contribution in [3.63, 3.8) is 0 Å². The lowest BCUT2D eigenvalue weighted by Crippen LogP contribution is -2.05. The highest BCUT2D eigenvalue weighted by molar-refractivity contribution is 5.27. The van der Waals surface area contributed by atoms with Gasteiger partial charge in [0.05, 0.1) is 6.10 Å². The molecule has 0 aliphatic heterocycles. The van der Waals surface area contributed by atoms with Gasteiger partial charge in [0, 0.05) is 0 Å². The van der Waals surface area contributed by atoms with E-state index in [1.54, 1.807) is 0 Å². The monoisotopic (exact) mass is 180 g/mol. The Labute approximate surface area is 81.7 Å². The molecule has 1 nitrogen and oxygen atoms in total. The summed E-state index contributed by atoms with van der Waals surface area (Å²) < 4.78 is 5.50. The first-order valence-corrected chi connectivity index (χ1v) is 4.92. The predicted octanol–water partition coefficient (Wildman–Crippen LogP) is 3.81. The van der Waals surface area contributed by atoms with Crippen LogP contribution in [0.4, 0.5) is 0 Å². The molecule has 0 aromatic heterocycles. The Morgan fingerprint density at radius 2 is 1.77 bits per heavy atom.